The number of aromatic nitrogens is 2. The molecule has 4 aliphatic rings. The lowest BCUT2D eigenvalue weighted by Gasteiger charge is -2.46. The molecule has 0 radical (unpaired) electrons. The normalized spacial score (nSPS) is 14.6. The molecule has 13 rings (SSSR count). The molecule has 3 aliphatic heterocycles. The number of rotatable bonds is 3. The molecular weight excluding hydrogens is 771 g/mol. The van der Waals surface area contributed by atoms with Crippen LogP contribution in [0.1, 0.15) is 22.3 Å². The Morgan fingerprint density at radius 2 is 0.700 bits per heavy atom. The van der Waals surface area contributed by atoms with Crippen LogP contribution < -0.4 is 14.7 Å². The summed E-state index contributed by atoms with van der Waals surface area (Å²) in [6, 6.07) is 68.7. The van der Waals surface area contributed by atoms with Crippen molar-refractivity contribution in [1.82, 2.24) is 9.97 Å². The molecule has 5 nitrogen and oxygen atoms in total. The Balaban J connectivity index is 1.15. The second-order valence-corrected chi connectivity index (χ2v) is 17.5. The van der Waals surface area contributed by atoms with Crippen LogP contribution in [-0.2, 0) is 5.41 Å². The van der Waals surface area contributed by atoms with E-state index in [0.717, 1.165) is 51.0 Å². The summed E-state index contributed by atoms with van der Waals surface area (Å²) in [5.41, 5.74) is 15.9. The van der Waals surface area contributed by atoms with Gasteiger partial charge in [-0.1, -0.05) is 102 Å². The highest BCUT2D eigenvalue weighted by atomic mass is 32.2. The lowest BCUT2D eigenvalue weighted by molar-refractivity contribution is 0.749. The van der Waals surface area contributed by atoms with Crippen molar-refractivity contribution >= 4 is 74.7 Å². The number of para-hydroxylation sites is 5. The van der Waals surface area contributed by atoms with Crippen LogP contribution in [0.25, 0.3) is 11.4 Å². The van der Waals surface area contributed by atoms with Crippen LogP contribution in [0.4, 0.5) is 51.2 Å². The predicted molar refractivity (Wildman–Crippen MR) is 245 cm³/mol. The van der Waals surface area contributed by atoms with Crippen LogP contribution in [0.15, 0.2) is 220 Å². The van der Waals surface area contributed by atoms with E-state index in [1.807, 2.05) is 35.9 Å². The van der Waals surface area contributed by atoms with E-state index in [0.29, 0.717) is 0 Å². The molecule has 0 amide bonds. The third-order valence-electron chi connectivity index (χ3n) is 12.3. The molecule has 0 saturated heterocycles. The van der Waals surface area contributed by atoms with Crippen molar-refractivity contribution in [2.24, 2.45) is 0 Å². The molecule has 0 saturated carbocycles. The zero-order valence-corrected chi connectivity index (χ0v) is 33.7. The highest BCUT2D eigenvalue weighted by molar-refractivity contribution is 8.00. The number of benzene rings is 7. The van der Waals surface area contributed by atoms with Gasteiger partial charge in [0.05, 0.1) is 50.9 Å². The molecule has 0 fully saturated rings. The lowest BCUT2D eigenvalue weighted by Crippen LogP contribution is -2.36. The van der Waals surface area contributed by atoms with Gasteiger partial charge < -0.3 is 14.7 Å². The predicted octanol–water partition coefficient (Wildman–Crippen LogP) is 14.5. The van der Waals surface area contributed by atoms with Gasteiger partial charge in [-0.05, 0) is 131 Å². The summed E-state index contributed by atoms with van der Waals surface area (Å²) in [6.07, 6.45) is 3.81. The molecule has 9 aromatic rings. The average molecular weight is 804 g/mol. The number of pyridine rings is 2. The molecule has 7 heteroatoms. The van der Waals surface area contributed by atoms with Crippen molar-refractivity contribution in [1.29, 1.82) is 0 Å². The topological polar surface area (TPSA) is 35.5 Å². The fraction of sp³-hybridized carbons (Fsp3) is 0.0189. The Hall–Kier alpha value is -7.06. The van der Waals surface area contributed by atoms with Gasteiger partial charge in [0, 0.05) is 49.0 Å². The van der Waals surface area contributed by atoms with Gasteiger partial charge in [0.1, 0.15) is 0 Å². The van der Waals surface area contributed by atoms with E-state index in [4.69, 9.17) is 9.97 Å². The maximum Gasteiger partial charge on any atom is 0.0937 e. The molecule has 0 unspecified atom stereocenters. The number of hydrogen-bond acceptors (Lipinski definition) is 7. The van der Waals surface area contributed by atoms with E-state index in [1.54, 1.807) is 0 Å². The monoisotopic (exact) mass is 803 g/mol. The Bertz CT molecular complexity index is 2930. The molecule has 60 heavy (non-hydrogen) atoms. The van der Waals surface area contributed by atoms with Gasteiger partial charge in [-0.25, -0.2) is 0 Å². The maximum absolute atomic E-state index is 5.11. The molecule has 0 bridgehead atoms. The van der Waals surface area contributed by atoms with E-state index in [1.165, 1.54) is 53.5 Å². The standard InChI is InChI=1S/C53H33N5S2/c1-2-14-34(15-3-1)56-41-28-26-35(57-43-18-4-8-22-47(43)59-48-23-9-5-19-44(48)57)32-39(41)53(37-16-12-30-54-51(37)52-38(53)17-13-31-55-52)40-33-36(27-29-42(40)56)58-45-20-6-10-24-49(45)60-50-25-11-7-21-46(50)58/h1-33H. The summed E-state index contributed by atoms with van der Waals surface area (Å²) < 4.78 is 0. The second-order valence-electron chi connectivity index (χ2n) is 15.4. The van der Waals surface area contributed by atoms with Crippen molar-refractivity contribution in [3.05, 3.63) is 223 Å². The fourth-order valence-corrected chi connectivity index (χ4v) is 12.0. The average Bonchev–Trinajstić information content (AvgIpc) is 3.61. The SMILES string of the molecule is c1ccc(N2c3ccc(N4c5ccccc5Sc5ccccc54)cc3C3(c4cc(N5c6ccccc6Sc6ccccc65)ccc42)c2cccnc2-c2ncccc23)cc1. The van der Waals surface area contributed by atoms with Crippen LogP contribution >= 0.6 is 23.5 Å². The van der Waals surface area contributed by atoms with E-state index in [9.17, 15) is 0 Å². The van der Waals surface area contributed by atoms with E-state index < -0.39 is 5.41 Å². The number of hydrogen-bond donors (Lipinski definition) is 0. The maximum atomic E-state index is 5.11. The largest absolute Gasteiger partial charge is 0.310 e. The Kier molecular flexibility index (Phi) is 7.32. The van der Waals surface area contributed by atoms with Crippen molar-refractivity contribution in [2.45, 2.75) is 25.0 Å². The zero-order chi connectivity index (χ0) is 39.4. The summed E-state index contributed by atoms with van der Waals surface area (Å²) in [6.45, 7) is 0. The summed E-state index contributed by atoms with van der Waals surface area (Å²) >= 11 is 3.66. The van der Waals surface area contributed by atoms with E-state index in [-0.39, 0.29) is 0 Å². The van der Waals surface area contributed by atoms with Crippen molar-refractivity contribution in [3.8, 4) is 11.4 Å². The number of anilines is 9. The Labute approximate surface area is 356 Å². The molecule has 0 N–H and O–H groups in total. The highest BCUT2D eigenvalue weighted by Gasteiger charge is 2.53. The first-order valence-corrected chi connectivity index (χ1v) is 21.8. The smallest absolute Gasteiger partial charge is 0.0937 e. The molecule has 5 heterocycles. The molecular formula is C53H33N5S2. The van der Waals surface area contributed by atoms with Crippen molar-refractivity contribution in [3.63, 3.8) is 0 Å². The quantitative estimate of drug-likeness (QED) is 0.176. The Morgan fingerprint density at radius 1 is 0.317 bits per heavy atom. The van der Waals surface area contributed by atoms with Gasteiger partial charge in [-0.3, -0.25) is 9.97 Å². The second kappa shape index (κ2) is 13.0. The minimum atomic E-state index is -0.762. The minimum absolute atomic E-state index is 0.762. The van der Waals surface area contributed by atoms with Crippen LogP contribution in [0, 0.1) is 0 Å². The van der Waals surface area contributed by atoms with Crippen LogP contribution in [0.2, 0.25) is 0 Å². The van der Waals surface area contributed by atoms with Gasteiger partial charge in [0.15, 0.2) is 0 Å². The molecule has 7 aromatic carbocycles. The van der Waals surface area contributed by atoms with Crippen LogP contribution in [0.3, 0.4) is 0 Å². The first-order chi connectivity index (χ1) is 29.8. The van der Waals surface area contributed by atoms with Crippen LogP contribution in [0.5, 0.6) is 0 Å². The summed E-state index contributed by atoms with van der Waals surface area (Å²) in [5, 5.41) is 0. The summed E-state index contributed by atoms with van der Waals surface area (Å²) in [4.78, 5) is 22.5. The minimum Gasteiger partial charge on any atom is -0.310 e. The Morgan fingerprint density at radius 3 is 1.13 bits per heavy atom. The van der Waals surface area contributed by atoms with Gasteiger partial charge in [-0.2, -0.15) is 0 Å². The summed E-state index contributed by atoms with van der Waals surface area (Å²) in [7, 11) is 0. The lowest BCUT2D eigenvalue weighted by atomic mass is 9.64. The van der Waals surface area contributed by atoms with E-state index >= 15 is 0 Å². The van der Waals surface area contributed by atoms with Gasteiger partial charge >= 0.3 is 0 Å². The first-order valence-electron chi connectivity index (χ1n) is 20.1. The zero-order valence-electron chi connectivity index (χ0n) is 32.1. The van der Waals surface area contributed by atoms with Crippen LogP contribution in [-0.4, -0.2) is 9.97 Å². The highest BCUT2D eigenvalue weighted by Crippen LogP contribution is 2.65. The van der Waals surface area contributed by atoms with Gasteiger partial charge in [0.2, 0.25) is 0 Å². The van der Waals surface area contributed by atoms with E-state index in [2.05, 4.69) is 203 Å². The van der Waals surface area contributed by atoms with Gasteiger partial charge in [-0.15, -0.1) is 0 Å². The molecule has 282 valence electrons. The third-order valence-corrected chi connectivity index (χ3v) is 14.6. The molecule has 2 aromatic heterocycles. The summed E-state index contributed by atoms with van der Waals surface area (Å²) in [5.74, 6) is 0. The van der Waals surface area contributed by atoms with Crippen molar-refractivity contribution in [2.75, 3.05) is 14.7 Å². The van der Waals surface area contributed by atoms with Crippen molar-refractivity contribution < 1.29 is 0 Å². The number of nitrogens with zero attached hydrogens (tertiary/aromatic N) is 5. The third kappa shape index (κ3) is 4.67. The molecule has 1 aliphatic carbocycles. The number of fused-ring (bicyclic) bond motifs is 13. The molecule has 1 spiro atoms. The molecule has 0 atom stereocenters. The fourth-order valence-electron chi connectivity index (χ4n) is 9.93. The van der Waals surface area contributed by atoms with Gasteiger partial charge in [0.25, 0.3) is 0 Å². The first kappa shape index (κ1) is 33.9.